The Bertz CT molecular complexity index is 664. The standard InChI is InChI=1S/C17H23N3O5/c1-23-13-8-15-14(24-5-6-25-15)7-12(13)9-19-16(21)11-3-2-4-20(10-11)17(18)22/h7-8,11H,2-6,9-10H2,1H3,(H2,18,22)(H,19,21)/t11-/m1/s1. The molecular weight excluding hydrogens is 326 g/mol. The van der Waals surface area contributed by atoms with Crippen LogP contribution in [0.25, 0.3) is 0 Å². The molecule has 0 aromatic heterocycles. The number of carbonyl (C=O) groups is 2. The van der Waals surface area contributed by atoms with Gasteiger partial charge in [0.15, 0.2) is 11.5 Å². The van der Waals surface area contributed by atoms with Crippen LogP contribution < -0.4 is 25.3 Å². The average molecular weight is 349 g/mol. The Morgan fingerprint density at radius 1 is 1.32 bits per heavy atom. The number of likely N-dealkylation sites (tertiary alicyclic amines) is 1. The van der Waals surface area contributed by atoms with Gasteiger partial charge in [0.05, 0.1) is 13.0 Å². The van der Waals surface area contributed by atoms with Crippen molar-refractivity contribution in [1.82, 2.24) is 10.2 Å². The molecule has 0 spiro atoms. The summed E-state index contributed by atoms with van der Waals surface area (Å²) >= 11 is 0. The Kier molecular flexibility index (Phi) is 5.16. The second-order valence-electron chi connectivity index (χ2n) is 6.15. The molecule has 0 aliphatic carbocycles. The van der Waals surface area contributed by atoms with E-state index in [2.05, 4.69) is 5.32 Å². The van der Waals surface area contributed by atoms with Crippen molar-refractivity contribution in [1.29, 1.82) is 0 Å². The summed E-state index contributed by atoms with van der Waals surface area (Å²) < 4.78 is 16.5. The summed E-state index contributed by atoms with van der Waals surface area (Å²) in [5, 5.41) is 2.92. The first-order chi connectivity index (χ1) is 12.1. The van der Waals surface area contributed by atoms with Crippen LogP contribution in [0.4, 0.5) is 4.79 Å². The number of piperidine rings is 1. The summed E-state index contributed by atoms with van der Waals surface area (Å²) in [4.78, 5) is 25.2. The largest absolute Gasteiger partial charge is 0.496 e. The van der Waals surface area contributed by atoms with Crippen LogP contribution in [0.15, 0.2) is 12.1 Å². The van der Waals surface area contributed by atoms with Crippen LogP contribution in [0.2, 0.25) is 0 Å². The molecule has 0 unspecified atom stereocenters. The number of nitrogens with zero attached hydrogens (tertiary/aromatic N) is 1. The highest BCUT2D eigenvalue weighted by molar-refractivity contribution is 5.80. The third-order valence-corrected chi connectivity index (χ3v) is 4.50. The number of nitrogens with two attached hydrogens (primary N) is 1. The zero-order valence-electron chi connectivity index (χ0n) is 14.2. The highest BCUT2D eigenvalue weighted by atomic mass is 16.6. The van der Waals surface area contributed by atoms with Crippen LogP contribution in [0.1, 0.15) is 18.4 Å². The lowest BCUT2D eigenvalue weighted by molar-refractivity contribution is -0.126. The topological polar surface area (TPSA) is 103 Å². The van der Waals surface area contributed by atoms with Gasteiger partial charge < -0.3 is 30.2 Å². The summed E-state index contributed by atoms with van der Waals surface area (Å²) in [5.41, 5.74) is 6.12. The molecule has 0 radical (unpaired) electrons. The molecule has 8 nitrogen and oxygen atoms in total. The number of fused-ring (bicyclic) bond motifs is 1. The Morgan fingerprint density at radius 3 is 2.72 bits per heavy atom. The van der Waals surface area contributed by atoms with E-state index in [4.69, 9.17) is 19.9 Å². The van der Waals surface area contributed by atoms with Crippen molar-refractivity contribution >= 4 is 11.9 Å². The van der Waals surface area contributed by atoms with Crippen molar-refractivity contribution in [3.63, 3.8) is 0 Å². The molecule has 1 atom stereocenters. The smallest absolute Gasteiger partial charge is 0.314 e. The molecule has 3 N–H and O–H groups in total. The summed E-state index contributed by atoms with van der Waals surface area (Å²) in [7, 11) is 1.57. The summed E-state index contributed by atoms with van der Waals surface area (Å²) in [6.45, 7) is 2.28. The van der Waals surface area contributed by atoms with Crippen molar-refractivity contribution in [3.05, 3.63) is 17.7 Å². The summed E-state index contributed by atoms with van der Waals surface area (Å²) in [6.07, 6.45) is 1.52. The van der Waals surface area contributed by atoms with Gasteiger partial charge in [-0.15, -0.1) is 0 Å². The van der Waals surface area contributed by atoms with Crippen molar-refractivity contribution in [2.75, 3.05) is 33.4 Å². The predicted molar refractivity (Wildman–Crippen MR) is 89.7 cm³/mol. The maximum absolute atomic E-state index is 12.4. The monoisotopic (exact) mass is 349 g/mol. The number of primary amides is 1. The number of hydrogen-bond acceptors (Lipinski definition) is 5. The number of nitrogens with one attached hydrogen (secondary N) is 1. The number of rotatable bonds is 4. The second kappa shape index (κ2) is 7.50. The summed E-state index contributed by atoms with van der Waals surface area (Å²) in [5.74, 6) is 1.58. The van der Waals surface area contributed by atoms with E-state index in [9.17, 15) is 9.59 Å². The molecule has 1 fully saturated rings. The van der Waals surface area contributed by atoms with Gasteiger partial charge in [0.2, 0.25) is 5.91 Å². The first-order valence-corrected chi connectivity index (χ1v) is 8.37. The Morgan fingerprint density at radius 2 is 2.04 bits per heavy atom. The minimum absolute atomic E-state index is 0.0945. The van der Waals surface area contributed by atoms with Crippen molar-refractivity contribution in [2.45, 2.75) is 19.4 Å². The van der Waals surface area contributed by atoms with Crippen molar-refractivity contribution in [3.8, 4) is 17.2 Å². The number of benzene rings is 1. The number of hydrogen-bond donors (Lipinski definition) is 2. The van der Waals surface area contributed by atoms with E-state index in [1.807, 2.05) is 6.07 Å². The molecule has 0 bridgehead atoms. The van der Waals surface area contributed by atoms with Crippen LogP contribution >= 0.6 is 0 Å². The normalized spacial score (nSPS) is 19.2. The van der Waals surface area contributed by atoms with Gasteiger partial charge in [-0.2, -0.15) is 0 Å². The highest BCUT2D eigenvalue weighted by Crippen LogP contribution is 2.36. The number of ether oxygens (including phenoxy) is 3. The lowest BCUT2D eigenvalue weighted by Gasteiger charge is -2.30. The van der Waals surface area contributed by atoms with E-state index < -0.39 is 6.03 Å². The molecule has 25 heavy (non-hydrogen) atoms. The molecule has 2 heterocycles. The Labute approximate surface area is 146 Å². The van der Waals surface area contributed by atoms with E-state index in [-0.39, 0.29) is 11.8 Å². The van der Waals surface area contributed by atoms with Gasteiger partial charge >= 0.3 is 6.03 Å². The molecule has 1 aromatic rings. The van der Waals surface area contributed by atoms with Crippen LogP contribution in [-0.2, 0) is 11.3 Å². The zero-order valence-corrected chi connectivity index (χ0v) is 14.2. The van der Waals surface area contributed by atoms with Crippen LogP contribution in [0.5, 0.6) is 17.2 Å². The van der Waals surface area contributed by atoms with Gasteiger partial charge in [0.25, 0.3) is 0 Å². The molecule has 3 amide bonds. The van der Waals surface area contributed by atoms with Gasteiger partial charge in [0.1, 0.15) is 19.0 Å². The number of amides is 3. The fourth-order valence-electron chi connectivity index (χ4n) is 3.16. The number of methoxy groups -OCH3 is 1. The van der Waals surface area contributed by atoms with Crippen LogP contribution in [0.3, 0.4) is 0 Å². The molecule has 1 saturated heterocycles. The number of urea groups is 1. The minimum Gasteiger partial charge on any atom is -0.496 e. The SMILES string of the molecule is COc1cc2c(cc1CNC(=O)[C@@H]1CCCN(C(N)=O)C1)OCCO2. The number of carbonyl (C=O) groups excluding carboxylic acids is 2. The third kappa shape index (κ3) is 3.89. The lowest BCUT2D eigenvalue weighted by atomic mass is 9.97. The Balaban J connectivity index is 1.64. The zero-order chi connectivity index (χ0) is 17.8. The van der Waals surface area contributed by atoms with Crippen molar-refractivity contribution in [2.24, 2.45) is 11.7 Å². The van der Waals surface area contributed by atoms with Gasteiger partial charge in [-0.1, -0.05) is 0 Å². The maximum atomic E-state index is 12.4. The molecule has 1 aromatic carbocycles. The van der Waals surface area contributed by atoms with E-state index in [0.717, 1.165) is 18.4 Å². The molecule has 0 saturated carbocycles. The van der Waals surface area contributed by atoms with Crippen LogP contribution in [0, 0.1) is 5.92 Å². The van der Waals surface area contributed by atoms with Gasteiger partial charge in [-0.05, 0) is 18.9 Å². The molecule has 2 aliphatic rings. The third-order valence-electron chi connectivity index (χ3n) is 4.50. The Hall–Kier alpha value is -2.64. The molecule has 136 valence electrons. The fourth-order valence-corrected chi connectivity index (χ4v) is 3.16. The highest BCUT2D eigenvalue weighted by Gasteiger charge is 2.27. The molecule has 8 heteroatoms. The van der Waals surface area contributed by atoms with Gasteiger partial charge in [-0.25, -0.2) is 4.79 Å². The first kappa shape index (κ1) is 17.2. The first-order valence-electron chi connectivity index (χ1n) is 8.37. The molecule has 3 rings (SSSR count). The second-order valence-corrected chi connectivity index (χ2v) is 6.15. The maximum Gasteiger partial charge on any atom is 0.314 e. The van der Waals surface area contributed by atoms with Crippen molar-refractivity contribution < 1.29 is 23.8 Å². The molecule has 2 aliphatic heterocycles. The minimum atomic E-state index is -0.481. The van der Waals surface area contributed by atoms with E-state index in [1.54, 1.807) is 13.2 Å². The summed E-state index contributed by atoms with van der Waals surface area (Å²) in [6, 6.07) is 3.11. The van der Waals surface area contributed by atoms with E-state index >= 15 is 0 Å². The predicted octanol–water partition coefficient (Wildman–Crippen LogP) is 0.873. The average Bonchev–Trinajstić information content (AvgIpc) is 2.65. The van der Waals surface area contributed by atoms with Crippen LogP contribution in [-0.4, -0.2) is 50.3 Å². The quantitative estimate of drug-likeness (QED) is 0.840. The van der Waals surface area contributed by atoms with Gasteiger partial charge in [0, 0.05) is 31.3 Å². The van der Waals surface area contributed by atoms with E-state index in [0.29, 0.717) is 50.1 Å². The van der Waals surface area contributed by atoms with Gasteiger partial charge in [-0.3, -0.25) is 4.79 Å². The fraction of sp³-hybridized carbons (Fsp3) is 0.529. The molecular formula is C17H23N3O5. The lowest BCUT2D eigenvalue weighted by Crippen LogP contribution is -2.47. The van der Waals surface area contributed by atoms with E-state index in [1.165, 1.54) is 4.90 Å².